The normalized spacial score (nSPS) is 17.9. The molecule has 7 nitrogen and oxygen atoms in total. The van der Waals surface area contributed by atoms with Gasteiger partial charge < -0.3 is 15.1 Å². The fourth-order valence-electron chi connectivity index (χ4n) is 4.28. The number of hydrogen-bond acceptors (Lipinski definition) is 4. The molecule has 3 heterocycles. The van der Waals surface area contributed by atoms with E-state index in [0.717, 1.165) is 31.6 Å². The van der Waals surface area contributed by atoms with Crippen molar-refractivity contribution in [2.24, 2.45) is 0 Å². The number of hydrogen-bond donors (Lipinski definition) is 1. The molecule has 160 valence electrons. The van der Waals surface area contributed by atoms with Crippen molar-refractivity contribution in [2.75, 3.05) is 32.7 Å². The van der Waals surface area contributed by atoms with Crippen LogP contribution in [0.15, 0.2) is 36.4 Å². The molecule has 0 unspecified atom stereocenters. The summed E-state index contributed by atoms with van der Waals surface area (Å²) in [6, 6.07) is 11.6. The van der Waals surface area contributed by atoms with Crippen molar-refractivity contribution < 1.29 is 9.59 Å². The van der Waals surface area contributed by atoms with Gasteiger partial charge in [-0.15, -0.1) is 0 Å². The van der Waals surface area contributed by atoms with Gasteiger partial charge in [0.15, 0.2) is 5.69 Å². The summed E-state index contributed by atoms with van der Waals surface area (Å²) in [5, 5.41) is 7.40. The number of nitrogens with one attached hydrogen (secondary N) is 1. The molecule has 1 fully saturated rings. The molecule has 1 saturated heterocycles. The average Bonchev–Trinajstić information content (AvgIpc) is 2.92. The first-order chi connectivity index (χ1) is 14.7. The summed E-state index contributed by atoms with van der Waals surface area (Å²) in [6.45, 7) is 5.60. The maximum atomic E-state index is 13.1. The molecule has 4 rings (SSSR count). The summed E-state index contributed by atoms with van der Waals surface area (Å²) in [7, 11) is 0. The van der Waals surface area contributed by atoms with Gasteiger partial charge in [0.05, 0.1) is 0 Å². The molecule has 1 aromatic heterocycles. The van der Waals surface area contributed by atoms with E-state index >= 15 is 0 Å². The van der Waals surface area contributed by atoms with Crippen LogP contribution >= 0.6 is 0 Å². The predicted octanol–water partition coefficient (Wildman–Crippen LogP) is 2.54. The van der Waals surface area contributed by atoms with Crippen molar-refractivity contribution >= 4 is 11.8 Å². The zero-order valence-electron chi connectivity index (χ0n) is 17.6. The standard InChI is InChI=1S/C23H31N5O2/c29-22(24-11-16-26-12-6-1-2-7-13-26)20-17-21-23(30)27(14-8-15-28(21)25-20)18-19-9-4-3-5-10-19/h3-5,9-10,17H,1-2,6-8,11-16,18H2,(H,24,29). The number of carbonyl (C=O) groups is 2. The molecule has 0 atom stereocenters. The SMILES string of the molecule is O=C(NCCN1CCCCCC1)c1cc2n(n1)CCCN(Cc1ccccc1)C2=O. The maximum Gasteiger partial charge on any atom is 0.272 e. The Kier molecular flexibility index (Phi) is 6.79. The molecular formula is C23H31N5O2. The number of amides is 2. The Morgan fingerprint density at radius 1 is 0.967 bits per heavy atom. The fraction of sp³-hybridized carbons (Fsp3) is 0.522. The van der Waals surface area contributed by atoms with Crippen LogP contribution in [0.3, 0.4) is 0 Å². The third kappa shape index (κ3) is 5.08. The van der Waals surface area contributed by atoms with Crippen LogP contribution in [0.25, 0.3) is 0 Å². The van der Waals surface area contributed by atoms with E-state index in [9.17, 15) is 9.59 Å². The Morgan fingerprint density at radius 3 is 2.50 bits per heavy atom. The van der Waals surface area contributed by atoms with Gasteiger partial charge in [-0.25, -0.2) is 0 Å². The van der Waals surface area contributed by atoms with Crippen LogP contribution in [-0.4, -0.2) is 64.1 Å². The second-order valence-corrected chi connectivity index (χ2v) is 8.22. The van der Waals surface area contributed by atoms with Crippen molar-refractivity contribution in [2.45, 2.75) is 45.2 Å². The minimum Gasteiger partial charge on any atom is -0.349 e. The average molecular weight is 410 g/mol. The summed E-state index contributed by atoms with van der Waals surface area (Å²) in [4.78, 5) is 29.9. The second kappa shape index (κ2) is 9.89. The number of likely N-dealkylation sites (tertiary alicyclic amines) is 1. The van der Waals surface area contributed by atoms with Gasteiger partial charge in [0.25, 0.3) is 11.8 Å². The number of fused-ring (bicyclic) bond motifs is 1. The highest BCUT2D eigenvalue weighted by atomic mass is 16.2. The second-order valence-electron chi connectivity index (χ2n) is 8.22. The predicted molar refractivity (Wildman–Crippen MR) is 115 cm³/mol. The Hall–Kier alpha value is -2.67. The minimum absolute atomic E-state index is 0.0625. The van der Waals surface area contributed by atoms with Crippen LogP contribution in [0.4, 0.5) is 0 Å². The summed E-state index contributed by atoms with van der Waals surface area (Å²) >= 11 is 0. The molecule has 0 spiro atoms. The van der Waals surface area contributed by atoms with Gasteiger partial charge >= 0.3 is 0 Å². The third-order valence-corrected chi connectivity index (χ3v) is 5.95. The van der Waals surface area contributed by atoms with E-state index < -0.39 is 0 Å². The van der Waals surface area contributed by atoms with E-state index in [2.05, 4.69) is 15.3 Å². The van der Waals surface area contributed by atoms with Crippen molar-refractivity contribution in [3.8, 4) is 0 Å². The van der Waals surface area contributed by atoms with Crippen LogP contribution < -0.4 is 5.32 Å². The number of carbonyl (C=O) groups excluding carboxylic acids is 2. The molecule has 1 aromatic carbocycles. The monoisotopic (exact) mass is 409 g/mol. The summed E-state index contributed by atoms with van der Waals surface area (Å²) in [5.41, 5.74) is 1.93. The van der Waals surface area contributed by atoms with Crippen LogP contribution in [0.1, 0.15) is 58.6 Å². The van der Waals surface area contributed by atoms with Crippen LogP contribution in [0.5, 0.6) is 0 Å². The van der Waals surface area contributed by atoms with Crippen molar-refractivity contribution in [3.05, 3.63) is 53.3 Å². The Bertz CT molecular complexity index is 856. The summed E-state index contributed by atoms with van der Waals surface area (Å²) in [6.07, 6.45) is 5.91. The van der Waals surface area contributed by atoms with Gasteiger partial charge in [0, 0.05) is 38.8 Å². The highest BCUT2D eigenvalue weighted by Gasteiger charge is 2.26. The van der Waals surface area contributed by atoms with E-state index in [-0.39, 0.29) is 11.8 Å². The Labute approximate surface area is 178 Å². The van der Waals surface area contributed by atoms with E-state index in [4.69, 9.17) is 0 Å². The number of nitrogens with zero attached hydrogens (tertiary/aromatic N) is 4. The number of rotatable bonds is 6. The zero-order chi connectivity index (χ0) is 20.8. The van der Waals surface area contributed by atoms with Crippen molar-refractivity contribution in [1.29, 1.82) is 0 Å². The largest absolute Gasteiger partial charge is 0.349 e. The van der Waals surface area contributed by atoms with Gasteiger partial charge in [-0.3, -0.25) is 14.3 Å². The minimum atomic E-state index is -0.201. The van der Waals surface area contributed by atoms with E-state index in [1.54, 1.807) is 10.7 Å². The van der Waals surface area contributed by atoms with Gasteiger partial charge in [-0.05, 0) is 37.9 Å². The summed E-state index contributed by atoms with van der Waals surface area (Å²) in [5.74, 6) is -0.264. The van der Waals surface area contributed by atoms with E-state index in [1.807, 2.05) is 35.2 Å². The first kappa shape index (κ1) is 20.6. The molecule has 0 saturated carbocycles. The molecule has 0 aliphatic carbocycles. The lowest BCUT2D eigenvalue weighted by atomic mass is 10.2. The van der Waals surface area contributed by atoms with Gasteiger partial charge in [0.1, 0.15) is 5.69 Å². The first-order valence-electron chi connectivity index (χ1n) is 11.1. The quantitative estimate of drug-likeness (QED) is 0.796. The fourth-order valence-corrected chi connectivity index (χ4v) is 4.28. The molecule has 2 aliphatic rings. The van der Waals surface area contributed by atoms with E-state index in [1.165, 1.54) is 25.7 Å². The molecule has 0 radical (unpaired) electrons. The molecule has 7 heteroatoms. The zero-order valence-corrected chi connectivity index (χ0v) is 17.6. The number of aromatic nitrogens is 2. The number of benzene rings is 1. The van der Waals surface area contributed by atoms with Crippen molar-refractivity contribution in [1.82, 2.24) is 24.9 Å². The van der Waals surface area contributed by atoms with Gasteiger partial charge in [-0.2, -0.15) is 5.10 Å². The summed E-state index contributed by atoms with van der Waals surface area (Å²) < 4.78 is 1.69. The molecule has 1 N–H and O–H groups in total. The molecular weight excluding hydrogens is 378 g/mol. The maximum absolute atomic E-state index is 13.1. The van der Waals surface area contributed by atoms with E-state index in [0.29, 0.717) is 37.6 Å². The van der Waals surface area contributed by atoms with Crippen molar-refractivity contribution in [3.63, 3.8) is 0 Å². The molecule has 2 amide bonds. The van der Waals surface area contributed by atoms with Crippen LogP contribution in [-0.2, 0) is 13.1 Å². The lowest BCUT2D eigenvalue weighted by molar-refractivity contribution is 0.0745. The molecule has 2 aliphatic heterocycles. The number of aryl methyl sites for hydroxylation is 1. The lowest BCUT2D eigenvalue weighted by Crippen LogP contribution is -2.35. The third-order valence-electron chi connectivity index (χ3n) is 5.95. The molecule has 0 bridgehead atoms. The smallest absolute Gasteiger partial charge is 0.272 e. The van der Waals surface area contributed by atoms with Crippen LogP contribution in [0, 0.1) is 0 Å². The lowest BCUT2D eigenvalue weighted by Gasteiger charge is -2.20. The highest BCUT2D eigenvalue weighted by molar-refractivity contribution is 5.98. The Morgan fingerprint density at radius 2 is 1.73 bits per heavy atom. The van der Waals surface area contributed by atoms with Crippen LogP contribution in [0.2, 0.25) is 0 Å². The Balaban J connectivity index is 1.36. The van der Waals surface area contributed by atoms with Gasteiger partial charge in [-0.1, -0.05) is 43.2 Å². The first-order valence-corrected chi connectivity index (χ1v) is 11.1. The highest BCUT2D eigenvalue weighted by Crippen LogP contribution is 2.17. The topological polar surface area (TPSA) is 70.5 Å². The van der Waals surface area contributed by atoms with Gasteiger partial charge in [0.2, 0.25) is 0 Å². The molecule has 2 aromatic rings. The molecule has 30 heavy (non-hydrogen) atoms.